The maximum atomic E-state index is 12.0. The molecule has 0 saturated carbocycles. The van der Waals surface area contributed by atoms with Crippen LogP contribution >= 0.6 is 0 Å². The minimum absolute atomic E-state index is 0.0395. The van der Waals surface area contributed by atoms with Gasteiger partial charge in [0, 0.05) is 18.7 Å². The van der Waals surface area contributed by atoms with Crippen molar-refractivity contribution in [3.63, 3.8) is 0 Å². The van der Waals surface area contributed by atoms with E-state index >= 15 is 0 Å². The summed E-state index contributed by atoms with van der Waals surface area (Å²) in [5, 5.41) is 17.8. The van der Waals surface area contributed by atoms with Gasteiger partial charge in [0.25, 0.3) is 5.69 Å². The first-order chi connectivity index (χ1) is 13.1. The van der Waals surface area contributed by atoms with E-state index in [1.165, 1.54) is 24.5 Å². The SMILES string of the molecule is O=C(/C=C/c1ccccc1[N+](=O)[O-])NCc1cccc(Cn2cncn2)c1. The fourth-order valence-electron chi connectivity index (χ4n) is 2.55. The minimum atomic E-state index is -0.474. The molecular weight excluding hydrogens is 346 g/mol. The van der Waals surface area contributed by atoms with Gasteiger partial charge in [-0.2, -0.15) is 5.10 Å². The van der Waals surface area contributed by atoms with Gasteiger partial charge >= 0.3 is 0 Å². The molecule has 0 fully saturated rings. The average Bonchev–Trinajstić information content (AvgIpc) is 3.18. The first-order valence-corrected chi connectivity index (χ1v) is 8.21. The molecule has 3 aromatic rings. The van der Waals surface area contributed by atoms with Crippen LogP contribution < -0.4 is 5.32 Å². The van der Waals surface area contributed by atoms with Crippen molar-refractivity contribution in [1.29, 1.82) is 0 Å². The second-order valence-electron chi connectivity index (χ2n) is 5.78. The number of carbonyl (C=O) groups excluding carboxylic acids is 1. The van der Waals surface area contributed by atoms with Crippen LogP contribution in [0.1, 0.15) is 16.7 Å². The van der Waals surface area contributed by atoms with Crippen LogP contribution in [0.5, 0.6) is 0 Å². The Morgan fingerprint density at radius 1 is 1.19 bits per heavy atom. The molecule has 0 spiro atoms. The Labute approximate surface area is 155 Å². The van der Waals surface area contributed by atoms with Crippen molar-refractivity contribution in [2.24, 2.45) is 0 Å². The molecule has 1 amide bonds. The smallest absolute Gasteiger partial charge is 0.276 e. The Hall–Kier alpha value is -3.81. The van der Waals surface area contributed by atoms with Gasteiger partial charge in [-0.1, -0.05) is 36.4 Å². The molecule has 27 heavy (non-hydrogen) atoms. The number of nitrogens with zero attached hydrogens (tertiary/aromatic N) is 4. The Bertz CT molecular complexity index is 967. The number of rotatable bonds is 7. The number of amides is 1. The summed E-state index contributed by atoms with van der Waals surface area (Å²) in [6.07, 6.45) is 5.85. The molecular formula is C19H17N5O3. The topological polar surface area (TPSA) is 103 Å². The van der Waals surface area contributed by atoms with Crippen LogP contribution in [0.3, 0.4) is 0 Å². The zero-order valence-electron chi connectivity index (χ0n) is 14.4. The fraction of sp³-hybridized carbons (Fsp3) is 0.105. The van der Waals surface area contributed by atoms with Crippen LogP contribution in [0.15, 0.2) is 67.3 Å². The standard InChI is InChI=1S/C19H17N5O3/c25-19(9-8-17-6-1-2-7-18(17)24(26)27)21-11-15-4-3-5-16(10-15)12-23-14-20-13-22-23/h1-10,13-14H,11-12H2,(H,21,25)/b9-8+. The number of para-hydroxylation sites is 1. The summed E-state index contributed by atoms with van der Waals surface area (Å²) < 4.78 is 1.72. The number of nitrogens with one attached hydrogen (secondary N) is 1. The fourth-order valence-corrected chi connectivity index (χ4v) is 2.55. The van der Waals surface area contributed by atoms with Gasteiger partial charge in [-0.25, -0.2) is 9.67 Å². The highest BCUT2D eigenvalue weighted by Gasteiger charge is 2.09. The van der Waals surface area contributed by atoms with Crippen molar-refractivity contribution in [2.75, 3.05) is 0 Å². The van der Waals surface area contributed by atoms with Crippen molar-refractivity contribution in [2.45, 2.75) is 13.1 Å². The van der Waals surface area contributed by atoms with Crippen LogP contribution in [0, 0.1) is 10.1 Å². The summed E-state index contributed by atoms with van der Waals surface area (Å²) in [5.74, 6) is -0.324. The predicted molar refractivity (Wildman–Crippen MR) is 99.5 cm³/mol. The van der Waals surface area contributed by atoms with Crippen LogP contribution in [0.25, 0.3) is 6.08 Å². The summed E-state index contributed by atoms with van der Waals surface area (Å²) in [7, 11) is 0. The second kappa shape index (κ2) is 8.52. The Kier molecular flexibility index (Phi) is 5.68. The van der Waals surface area contributed by atoms with E-state index < -0.39 is 4.92 Å². The lowest BCUT2D eigenvalue weighted by molar-refractivity contribution is -0.385. The van der Waals surface area contributed by atoms with Crippen molar-refractivity contribution in [3.8, 4) is 0 Å². The van der Waals surface area contributed by atoms with Gasteiger partial charge < -0.3 is 5.32 Å². The zero-order valence-corrected chi connectivity index (χ0v) is 14.4. The first-order valence-electron chi connectivity index (χ1n) is 8.21. The van der Waals surface area contributed by atoms with Gasteiger partial charge in [-0.15, -0.1) is 0 Å². The lowest BCUT2D eigenvalue weighted by Gasteiger charge is -2.06. The molecule has 2 aromatic carbocycles. The highest BCUT2D eigenvalue weighted by atomic mass is 16.6. The lowest BCUT2D eigenvalue weighted by atomic mass is 10.1. The van der Waals surface area contributed by atoms with Crippen molar-refractivity contribution in [3.05, 3.63) is 94.1 Å². The molecule has 0 aliphatic carbocycles. The van der Waals surface area contributed by atoms with Gasteiger partial charge in [0.15, 0.2) is 0 Å². The minimum Gasteiger partial charge on any atom is -0.348 e. The van der Waals surface area contributed by atoms with E-state index in [1.54, 1.807) is 29.2 Å². The number of nitro benzene ring substituents is 1. The van der Waals surface area contributed by atoms with Gasteiger partial charge in [-0.3, -0.25) is 14.9 Å². The molecule has 0 atom stereocenters. The summed E-state index contributed by atoms with van der Waals surface area (Å²) in [6.45, 7) is 0.949. The number of hydrogen-bond donors (Lipinski definition) is 1. The molecule has 1 heterocycles. The lowest BCUT2D eigenvalue weighted by Crippen LogP contribution is -2.20. The molecule has 1 N–H and O–H groups in total. The van der Waals surface area contributed by atoms with Crippen molar-refractivity contribution in [1.82, 2.24) is 20.1 Å². The van der Waals surface area contributed by atoms with E-state index in [0.29, 0.717) is 18.7 Å². The molecule has 0 bridgehead atoms. The van der Waals surface area contributed by atoms with Gasteiger partial charge in [0.05, 0.1) is 17.0 Å². The van der Waals surface area contributed by atoms with E-state index in [2.05, 4.69) is 15.4 Å². The van der Waals surface area contributed by atoms with E-state index in [4.69, 9.17) is 0 Å². The Balaban J connectivity index is 1.59. The maximum Gasteiger partial charge on any atom is 0.276 e. The Morgan fingerprint density at radius 3 is 2.78 bits per heavy atom. The second-order valence-corrected chi connectivity index (χ2v) is 5.78. The highest BCUT2D eigenvalue weighted by molar-refractivity contribution is 5.92. The largest absolute Gasteiger partial charge is 0.348 e. The summed E-state index contributed by atoms with van der Waals surface area (Å²) in [5.41, 5.74) is 2.33. The summed E-state index contributed by atoms with van der Waals surface area (Å²) in [4.78, 5) is 26.4. The maximum absolute atomic E-state index is 12.0. The molecule has 8 heteroatoms. The van der Waals surface area contributed by atoms with Gasteiger partial charge in [0.1, 0.15) is 12.7 Å². The summed E-state index contributed by atoms with van der Waals surface area (Å²) >= 11 is 0. The molecule has 1 aromatic heterocycles. The molecule has 0 radical (unpaired) electrons. The number of aromatic nitrogens is 3. The Morgan fingerprint density at radius 2 is 2.00 bits per heavy atom. The van der Waals surface area contributed by atoms with Crippen LogP contribution in [0.2, 0.25) is 0 Å². The summed E-state index contributed by atoms with van der Waals surface area (Å²) in [6, 6.07) is 14.0. The van der Waals surface area contributed by atoms with E-state index in [9.17, 15) is 14.9 Å². The van der Waals surface area contributed by atoms with Gasteiger partial charge in [0.2, 0.25) is 5.91 Å². The van der Waals surface area contributed by atoms with Crippen molar-refractivity contribution >= 4 is 17.7 Å². The average molecular weight is 363 g/mol. The number of carbonyl (C=O) groups is 1. The third kappa shape index (κ3) is 5.08. The van der Waals surface area contributed by atoms with E-state index in [1.807, 2.05) is 24.3 Å². The monoisotopic (exact) mass is 363 g/mol. The van der Waals surface area contributed by atoms with Crippen molar-refractivity contribution < 1.29 is 9.72 Å². The predicted octanol–water partition coefficient (Wildman–Crippen LogP) is 2.56. The molecule has 136 valence electrons. The highest BCUT2D eigenvalue weighted by Crippen LogP contribution is 2.18. The van der Waals surface area contributed by atoms with E-state index in [-0.39, 0.29) is 11.6 Å². The zero-order chi connectivity index (χ0) is 19.1. The molecule has 0 saturated heterocycles. The first kappa shape index (κ1) is 18.0. The quantitative estimate of drug-likeness (QED) is 0.395. The van der Waals surface area contributed by atoms with Crippen LogP contribution in [-0.4, -0.2) is 25.6 Å². The number of benzene rings is 2. The molecule has 3 rings (SSSR count). The third-order valence-corrected chi connectivity index (χ3v) is 3.82. The molecule has 0 unspecified atom stereocenters. The van der Waals surface area contributed by atoms with Crippen LogP contribution in [0.4, 0.5) is 5.69 Å². The number of nitro groups is 1. The molecule has 0 aliphatic heterocycles. The van der Waals surface area contributed by atoms with Crippen LogP contribution in [-0.2, 0) is 17.9 Å². The van der Waals surface area contributed by atoms with E-state index in [0.717, 1.165) is 11.1 Å². The van der Waals surface area contributed by atoms with Gasteiger partial charge in [-0.05, 0) is 23.3 Å². The molecule has 0 aliphatic rings. The normalized spacial score (nSPS) is 10.8. The molecule has 8 nitrogen and oxygen atoms in total. The third-order valence-electron chi connectivity index (χ3n) is 3.82. The number of hydrogen-bond acceptors (Lipinski definition) is 5.